The average molecular weight is 439 g/mol. The van der Waals surface area contributed by atoms with Gasteiger partial charge in [0.2, 0.25) is 5.90 Å². The number of hydrogen-bond donors (Lipinski definition) is 1. The number of fused-ring (bicyclic) bond motifs is 3. The molecule has 5 heterocycles. The monoisotopic (exact) mass is 437 g/mol. The Balaban J connectivity index is 0.000000911. The molecule has 0 radical (unpaired) electrons. The van der Waals surface area contributed by atoms with Gasteiger partial charge >= 0.3 is 0 Å². The molecule has 3 N–H and O–H groups in total. The van der Waals surface area contributed by atoms with Crippen LogP contribution in [0.5, 0.6) is 5.75 Å². The van der Waals surface area contributed by atoms with Crippen molar-refractivity contribution in [1.82, 2.24) is 9.47 Å². The molecule has 3 saturated heterocycles. The highest BCUT2D eigenvalue weighted by molar-refractivity contribution is 6.08. The summed E-state index contributed by atoms with van der Waals surface area (Å²) in [6, 6.07) is 5.46. The standard InChI is InChI=1S/C18H21N3O2.3ClH.H2O/c1-20-9-15(14-8-13(22)2-3-16(14)20)17-19-10-18(23-17)11-21-6-4-12(18)5-7-21;;;;/h2-3,8-9,12,22H,4-7,10-11H2,1H3;3*1H;1H2. The van der Waals surface area contributed by atoms with Crippen LogP contribution in [0.15, 0.2) is 29.4 Å². The highest BCUT2D eigenvalue weighted by Gasteiger charge is 2.51. The van der Waals surface area contributed by atoms with Crippen LogP contribution in [-0.2, 0) is 11.8 Å². The van der Waals surface area contributed by atoms with Crippen molar-refractivity contribution in [3.05, 3.63) is 30.0 Å². The number of phenolic OH excluding ortho intramolecular Hbond substituents is 1. The summed E-state index contributed by atoms with van der Waals surface area (Å²) in [6.07, 6.45) is 4.50. The Bertz CT molecular complexity index is 834. The molecule has 1 aromatic carbocycles. The van der Waals surface area contributed by atoms with E-state index in [1.165, 1.54) is 25.9 Å². The van der Waals surface area contributed by atoms with Gasteiger partial charge in [-0.05, 0) is 44.1 Å². The van der Waals surface area contributed by atoms with E-state index in [0.717, 1.165) is 35.5 Å². The Labute approximate surface area is 177 Å². The number of phenols is 1. The largest absolute Gasteiger partial charge is 0.508 e. The fraction of sp³-hybridized carbons (Fsp3) is 0.500. The molecule has 6 nitrogen and oxygen atoms in total. The van der Waals surface area contributed by atoms with E-state index in [1.807, 2.05) is 13.1 Å². The van der Waals surface area contributed by atoms with E-state index in [9.17, 15) is 5.11 Å². The second kappa shape index (κ2) is 8.45. The lowest BCUT2D eigenvalue weighted by atomic mass is 9.75. The van der Waals surface area contributed by atoms with Gasteiger partial charge in [-0.2, -0.15) is 0 Å². The number of benzene rings is 1. The van der Waals surface area contributed by atoms with Crippen LogP contribution in [0.25, 0.3) is 10.9 Å². The number of hydrogen-bond acceptors (Lipinski definition) is 4. The number of aliphatic imine (C=N–C) groups is 1. The van der Waals surface area contributed by atoms with Crippen molar-refractivity contribution in [1.29, 1.82) is 0 Å². The molecular weight excluding hydrogens is 413 g/mol. The quantitative estimate of drug-likeness (QED) is 0.743. The van der Waals surface area contributed by atoms with Gasteiger partial charge in [-0.15, -0.1) is 37.2 Å². The summed E-state index contributed by atoms with van der Waals surface area (Å²) in [5, 5.41) is 10.8. The van der Waals surface area contributed by atoms with Crippen molar-refractivity contribution < 1.29 is 15.3 Å². The zero-order valence-electron chi connectivity index (χ0n) is 15.1. The predicted molar refractivity (Wildman–Crippen MR) is 114 cm³/mol. The second-order valence-electron chi connectivity index (χ2n) is 7.19. The number of ether oxygens (including phenoxy) is 1. The maximum Gasteiger partial charge on any atom is 0.219 e. The third kappa shape index (κ3) is 3.61. The number of aryl methyl sites for hydroxylation is 1. The van der Waals surface area contributed by atoms with E-state index in [0.29, 0.717) is 5.92 Å². The number of piperidine rings is 3. The number of aromatic hydroxyl groups is 1. The van der Waals surface area contributed by atoms with E-state index in [-0.39, 0.29) is 54.0 Å². The summed E-state index contributed by atoms with van der Waals surface area (Å²) < 4.78 is 8.55. The molecular formula is C18H26Cl3N3O3. The van der Waals surface area contributed by atoms with Crippen molar-refractivity contribution in [2.24, 2.45) is 18.0 Å². The molecule has 3 fully saturated rings. The number of halogens is 3. The molecule has 27 heavy (non-hydrogen) atoms. The van der Waals surface area contributed by atoms with Crippen molar-refractivity contribution >= 4 is 54.0 Å². The Hall–Kier alpha value is -1.18. The first-order valence-electron chi connectivity index (χ1n) is 8.39. The molecule has 4 aliphatic rings. The normalized spacial score (nSPS) is 27.7. The minimum Gasteiger partial charge on any atom is -0.508 e. The number of rotatable bonds is 1. The van der Waals surface area contributed by atoms with Gasteiger partial charge in [0.05, 0.1) is 12.1 Å². The molecule has 0 amide bonds. The molecule has 6 rings (SSSR count). The molecule has 2 aromatic rings. The summed E-state index contributed by atoms with van der Waals surface area (Å²) >= 11 is 0. The summed E-state index contributed by atoms with van der Waals surface area (Å²) in [7, 11) is 2.02. The molecule has 4 aliphatic heterocycles. The van der Waals surface area contributed by atoms with E-state index < -0.39 is 0 Å². The van der Waals surface area contributed by atoms with Gasteiger partial charge in [0, 0.05) is 36.6 Å². The molecule has 152 valence electrons. The van der Waals surface area contributed by atoms with Gasteiger partial charge in [0.1, 0.15) is 11.4 Å². The van der Waals surface area contributed by atoms with Crippen molar-refractivity contribution in [2.45, 2.75) is 18.4 Å². The van der Waals surface area contributed by atoms with Crippen molar-refractivity contribution in [2.75, 3.05) is 26.2 Å². The van der Waals surface area contributed by atoms with Crippen LogP contribution in [0, 0.1) is 5.92 Å². The van der Waals surface area contributed by atoms with Crippen LogP contribution in [0.2, 0.25) is 0 Å². The highest BCUT2D eigenvalue weighted by Crippen LogP contribution is 2.42. The lowest BCUT2D eigenvalue weighted by Gasteiger charge is -2.50. The van der Waals surface area contributed by atoms with Gasteiger partial charge in [0.25, 0.3) is 0 Å². The van der Waals surface area contributed by atoms with Gasteiger partial charge in [-0.3, -0.25) is 4.90 Å². The van der Waals surface area contributed by atoms with Crippen LogP contribution in [0.4, 0.5) is 0 Å². The first-order chi connectivity index (χ1) is 11.1. The Morgan fingerprint density at radius 2 is 1.89 bits per heavy atom. The summed E-state index contributed by atoms with van der Waals surface area (Å²) in [5.41, 5.74) is 1.95. The predicted octanol–water partition coefficient (Wildman–Crippen LogP) is 2.57. The number of nitrogens with zero attached hydrogens (tertiary/aromatic N) is 3. The van der Waals surface area contributed by atoms with E-state index in [2.05, 4.69) is 15.7 Å². The van der Waals surface area contributed by atoms with Gasteiger partial charge in [-0.25, -0.2) is 4.99 Å². The van der Waals surface area contributed by atoms with Crippen LogP contribution < -0.4 is 0 Å². The molecule has 1 aromatic heterocycles. The maximum absolute atomic E-state index is 9.84. The fourth-order valence-electron chi connectivity index (χ4n) is 4.57. The Morgan fingerprint density at radius 3 is 2.52 bits per heavy atom. The molecule has 1 atom stereocenters. The van der Waals surface area contributed by atoms with E-state index in [4.69, 9.17) is 9.73 Å². The van der Waals surface area contributed by atoms with Crippen LogP contribution in [-0.4, -0.2) is 57.7 Å². The molecule has 1 unspecified atom stereocenters. The molecule has 1 spiro atoms. The van der Waals surface area contributed by atoms with Crippen molar-refractivity contribution in [3.8, 4) is 5.75 Å². The van der Waals surface area contributed by atoms with Gasteiger partial charge in [0.15, 0.2) is 0 Å². The molecule has 0 aliphatic carbocycles. The molecule has 9 heteroatoms. The van der Waals surface area contributed by atoms with Crippen molar-refractivity contribution in [3.63, 3.8) is 0 Å². The fourth-order valence-corrected chi connectivity index (χ4v) is 4.57. The minimum atomic E-state index is -0.120. The smallest absolute Gasteiger partial charge is 0.219 e. The second-order valence-corrected chi connectivity index (χ2v) is 7.19. The topological polar surface area (TPSA) is 81.5 Å². The SMILES string of the molecule is Cl.Cl.Cl.Cn1cc(C2=NCC3(CN4CCC3CC4)O2)c2cc(O)ccc21.O. The summed E-state index contributed by atoms with van der Waals surface area (Å²) in [5.74, 6) is 1.65. The van der Waals surface area contributed by atoms with Crippen LogP contribution in [0.3, 0.4) is 0 Å². The Morgan fingerprint density at radius 1 is 1.19 bits per heavy atom. The maximum atomic E-state index is 9.84. The Kier molecular flexibility index (Phi) is 7.47. The highest BCUT2D eigenvalue weighted by atomic mass is 35.5. The minimum absolute atomic E-state index is 0. The average Bonchev–Trinajstić information content (AvgIpc) is 3.10. The summed E-state index contributed by atoms with van der Waals surface area (Å²) in [4.78, 5) is 7.27. The van der Waals surface area contributed by atoms with E-state index in [1.54, 1.807) is 12.1 Å². The number of aromatic nitrogens is 1. The molecule has 2 bridgehead atoms. The zero-order chi connectivity index (χ0) is 15.6. The van der Waals surface area contributed by atoms with E-state index >= 15 is 0 Å². The third-order valence-electron chi connectivity index (χ3n) is 5.82. The zero-order valence-corrected chi connectivity index (χ0v) is 17.5. The molecule has 0 saturated carbocycles. The van der Waals surface area contributed by atoms with Crippen LogP contribution >= 0.6 is 37.2 Å². The first kappa shape index (κ1) is 23.9. The van der Waals surface area contributed by atoms with Gasteiger partial charge < -0.3 is 19.9 Å². The third-order valence-corrected chi connectivity index (χ3v) is 5.82. The van der Waals surface area contributed by atoms with Gasteiger partial charge in [-0.1, -0.05) is 0 Å². The lowest BCUT2D eigenvalue weighted by molar-refractivity contribution is -0.0825. The summed E-state index contributed by atoms with van der Waals surface area (Å²) in [6.45, 7) is 4.17. The lowest BCUT2D eigenvalue weighted by Crippen LogP contribution is -2.60. The van der Waals surface area contributed by atoms with Crippen LogP contribution in [0.1, 0.15) is 18.4 Å². The first-order valence-corrected chi connectivity index (χ1v) is 8.39.